The van der Waals surface area contributed by atoms with E-state index in [2.05, 4.69) is 4.74 Å². The predicted octanol–water partition coefficient (Wildman–Crippen LogP) is 1.34. The average Bonchev–Trinajstić information content (AvgIpc) is 2.31. The number of carboxylic acid groups (broad SMARTS) is 1. The average molecular weight is 391 g/mol. The molecule has 0 aliphatic heterocycles. The summed E-state index contributed by atoms with van der Waals surface area (Å²) < 4.78 is 56.4. The van der Waals surface area contributed by atoms with E-state index in [1.54, 1.807) is 22.6 Å². The zero-order chi connectivity index (χ0) is 14.9. The molecule has 0 amide bonds. The fourth-order valence-corrected chi connectivity index (χ4v) is 1.19. The van der Waals surface area contributed by atoms with Gasteiger partial charge in [-0.05, 0) is 6.92 Å². The van der Waals surface area contributed by atoms with Gasteiger partial charge >= 0.3 is 5.97 Å². The summed E-state index contributed by atoms with van der Waals surface area (Å²) in [5.41, 5.74) is -1.91. The van der Waals surface area contributed by atoms with Crippen LogP contribution >= 0.6 is 22.6 Å². The highest BCUT2D eigenvalue weighted by atomic mass is 127. The molecular weight excluding hydrogens is 387 g/mol. The standard InChI is InChI=1S/C10H5F4IO4/c1-2(15)10(18)19-8-6(13)4(11)3(9(16)17)5(12)7(8)14/h2H,1H3,(H,16,17)/p-1. The van der Waals surface area contributed by atoms with Crippen LogP contribution in [0.2, 0.25) is 0 Å². The number of carbonyl (C=O) groups excluding carboxylic acids is 2. The van der Waals surface area contributed by atoms with E-state index in [1.165, 1.54) is 6.92 Å². The molecule has 0 N–H and O–H groups in total. The lowest BCUT2D eigenvalue weighted by molar-refractivity contribution is -0.255. The van der Waals surface area contributed by atoms with Gasteiger partial charge in [0, 0.05) is 0 Å². The summed E-state index contributed by atoms with van der Waals surface area (Å²) >= 11 is 1.54. The molecule has 1 aromatic carbocycles. The summed E-state index contributed by atoms with van der Waals surface area (Å²) in [6, 6.07) is 0. The highest BCUT2D eigenvalue weighted by Gasteiger charge is 2.29. The predicted molar refractivity (Wildman–Crippen MR) is 59.7 cm³/mol. The number of aromatic carboxylic acids is 1. The fourth-order valence-electron chi connectivity index (χ4n) is 1.06. The number of halogens is 5. The van der Waals surface area contributed by atoms with Crippen molar-refractivity contribution in [3.8, 4) is 5.75 Å². The Kier molecular flexibility index (Phi) is 4.71. The van der Waals surface area contributed by atoms with E-state index in [-0.39, 0.29) is 0 Å². The molecule has 9 heteroatoms. The Morgan fingerprint density at radius 3 is 1.84 bits per heavy atom. The second kappa shape index (κ2) is 5.72. The zero-order valence-electron chi connectivity index (χ0n) is 9.10. The van der Waals surface area contributed by atoms with Crippen LogP contribution in [0.25, 0.3) is 0 Å². The number of esters is 1. The Bertz CT molecular complexity index is 530. The lowest BCUT2D eigenvalue weighted by atomic mass is 10.1. The number of benzene rings is 1. The van der Waals surface area contributed by atoms with E-state index in [1.807, 2.05) is 0 Å². The smallest absolute Gasteiger partial charge is 0.324 e. The molecule has 1 atom stereocenters. The van der Waals surface area contributed by atoms with E-state index < -0.39 is 50.4 Å². The number of carbonyl (C=O) groups is 2. The molecule has 19 heavy (non-hydrogen) atoms. The lowest BCUT2D eigenvalue weighted by Crippen LogP contribution is -2.27. The molecule has 104 valence electrons. The van der Waals surface area contributed by atoms with Crippen molar-refractivity contribution in [2.24, 2.45) is 0 Å². The number of carboxylic acids is 1. The van der Waals surface area contributed by atoms with Crippen LogP contribution in [0.3, 0.4) is 0 Å². The van der Waals surface area contributed by atoms with Crippen molar-refractivity contribution < 1.29 is 37.0 Å². The van der Waals surface area contributed by atoms with Gasteiger partial charge in [-0.3, -0.25) is 4.79 Å². The van der Waals surface area contributed by atoms with Crippen LogP contribution in [0.5, 0.6) is 5.75 Å². The van der Waals surface area contributed by atoms with E-state index in [0.717, 1.165) is 0 Å². The van der Waals surface area contributed by atoms with Crippen LogP contribution < -0.4 is 9.84 Å². The molecule has 0 spiro atoms. The summed E-state index contributed by atoms with van der Waals surface area (Å²) in [7, 11) is 0. The maximum atomic E-state index is 13.3. The van der Waals surface area contributed by atoms with Crippen LogP contribution in [-0.2, 0) is 4.79 Å². The number of rotatable bonds is 3. The van der Waals surface area contributed by atoms with E-state index in [4.69, 9.17) is 0 Å². The van der Waals surface area contributed by atoms with Crippen LogP contribution in [-0.4, -0.2) is 15.9 Å². The van der Waals surface area contributed by atoms with Crippen molar-refractivity contribution >= 4 is 34.5 Å². The van der Waals surface area contributed by atoms with Crippen molar-refractivity contribution in [3.05, 3.63) is 28.8 Å². The van der Waals surface area contributed by atoms with Gasteiger partial charge in [-0.1, -0.05) is 22.6 Å². The van der Waals surface area contributed by atoms with E-state index in [9.17, 15) is 32.3 Å². The molecule has 1 aromatic rings. The summed E-state index contributed by atoms with van der Waals surface area (Å²) in [5, 5.41) is 10.4. The van der Waals surface area contributed by atoms with Crippen LogP contribution in [0.1, 0.15) is 17.3 Å². The van der Waals surface area contributed by atoms with Gasteiger partial charge < -0.3 is 14.6 Å². The number of ether oxygens (including phenoxy) is 1. The number of alkyl halides is 1. The van der Waals surface area contributed by atoms with Gasteiger partial charge in [0.1, 0.15) is 3.92 Å². The third-order valence-electron chi connectivity index (χ3n) is 1.95. The molecular formula is C10H4F4IO4-. The van der Waals surface area contributed by atoms with Gasteiger partial charge in [0.25, 0.3) is 0 Å². The topological polar surface area (TPSA) is 66.4 Å². The normalized spacial score (nSPS) is 12.1. The summed E-state index contributed by atoms with van der Waals surface area (Å²) in [5.74, 6) is -13.9. The Labute approximate surface area is 117 Å². The van der Waals surface area contributed by atoms with Crippen molar-refractivity contribution in [2.45, 2.75) is 10.8 Å². The lowest BCUT2D eigenvalue weighted by Gasteiger charge is -2.12. The highest BCUT2D eigenvalue weighted by Crippen LogP contribution is 2.30. The fraction of sp³-hybridized carbons (Fsp3) is 0.200. The first kappa shape index (κ1) is 15.7. The second-order valence-electron chi connectivity index (χ2n) is 3.28. The third kappa shape index (κ3) is 2.96. The molecule has 0 saturated heterocycles. The minimum atomic E-state index is -2.44. The first-order valence-electron chi connectivity index (χ1n) is 4.61. The van der Waals surface area contributed by atoms with Crippen LogP contribution in [0, 0.1) is 23.3 Å². The van der Waals surface area contributed by atoms with Gasteiger partial charge in [0.05, 0.1) is 11.5 Å². The van der Waals surface area contributed by atoms with Crippen molar-refractivity contribution in [1.82, 2.24) is 0 Å². The summed E-state index contributed by atoms with van der Waals surface area (Å²) in [6.45, 7) is 1.31. The van der Waals surface area contributed by atoms with Crippen molar-refractivity contribution in [2.75, 3.05) is 0 Å². The minimum absolute atomic E-state index is 0.844. The molecule has 0 bridgehead atoms. The van der Waals surface area contributed by atoms with Crippen LogP contribution in [0.4, 0.5) is 17.6 Å². The first-order chi connectivity index (χ1) is 8.68. The largest absolute Gasteiger partial charge is 0.545 e. The summed E-state index contributed by atoms with van der Waals surface area (Å²) in [4.78, 5) is 21.5. The molecule has 0 saturated carbocycles. The van der Waals surface area contributed by atoms with Crippen molar-refractivity contribution in [3.63, 3.8) is 0 Å². The molecule has 0 fully saturated rings. The monoisotopic (exact) mass is 391 g/mol. The molecule has 0 aliphatic rings. The van der Waals surface area contributed by atoms with E-state index >= 15 is 0 Å². The Morgan fingerprint density at radius 1 is 1.11 bits per heavy atom. The maximum absolute atomic E-state index is 13.3. The Balaban J connectivity index is 3.44. The molecule has 1 rings (SSSR count). The summed E-state index contributed by atoms with van der Waals surface area (Å²) in [6.07, 6.45) is 0. The van der Waals surface area contributed by atoms with Gasteiger partial charge in [0.15, 0.2) is 11.6 Å². The minimum Gasteiger partial charge on any atom is -0.545 e. The van der Waals surface area contributed by atoms with Crippen molar-refractivity contribution in [1.29, 1.82) is 0 Å². The third-order valence-corrected chi connectivity index (χ3v) is 2.46. The molecule has 0 aromatic heterocycles. The Morgan fingerprint density at radius 2 is 1.53 bits per heavy atom. The van der Waals surface area contributed by atoms with E-state index in [0.29, 0.717) is 0 Å². The maximum Gasteiger partial charge on any atom is 0.324 e. The zero-order valence-corrected chi connectivity index (χ0v) is 11.3. The SMILES string of the molecule is CC(I)C(=O)Oc1c(F)c(F)c(C(=O)[O-])c(F)c1F. The molecule has 0 radical (unpaired) electrons. The first-order valence-corrected chi connectivity index (χ1v) is 5.86. The highest BCUT2D eigenvalue weighted by molar-refractivity contribution is 14.1. The Hall–Kier alpha value is -1.39. The van der Waals surface area contributed by atoms with Gasteiger partial charge in [0.2, 0.25) is 17.4 Å². The van der Waals surface area contributed by atoms with Gasteiger partial charge in [-0.2, -0.15) is 8.78 Å². The number of hydrogen-bond acceptors (Lipinski definition) is 4. The second-order valence-corrected chi connectivity index (χ2v) is 5.15. The molecule has 1 unspecified atom stereocenters. The molecule has 0 heterocycles. The van der Waals surface area contributed by atoms with Crippen LogP contribution in [0.15, 0.2) is 0 Å². The van der Waals surface area contributed by atoms with Gasteiger partial charge in [-0.15, -0.1) is 0 Å². The van der Waals surface area contributed by atoms with Gasteiger partial charge in [-0.25, -0.2) is 8.78 Å². The number of hydrogen-bond donors (Lipinski definition) is 0. The molecule has 4 nitrogen and oxygen atoms in total. The quantitative estimate of drug-likeness (QED) is 0.195. The molecule has 0 aliphatic carbocycles.